The molecule has 20 heavy (non-hydrogen) atoms. The molecule has 0 aromatic carbocycles. The third kappa shape index (κ3) is 1.08. The Morgan fingerprint density at radius 3 is 2.85 bits per heavy atom. The Hall–Kier alpha value is -0.890. The fourth-order valence-electron chi connectivity index (χ4n) is 6.43. The predicted molar refractivity (Wildman–Crippen MR) is 78.0 cm³/mol. The van der Waals surface area contributed by atoms with E-state index in [9.17, 15) is 9.90 Å². The van der Waals surface area contributed by atoms with Crippen molar-refractivity contribution < 1.29 is 9.90 Å². The van der Waals surface area contributed by atoms with E-state index in [-0.39, 0.29) is 23.4 Å². The van der Waals surface area contributed by atoms with Crippen LogP contribution in [0.3, 0.4) is 0 Å². The summed E-state index contributed by atoms with van der Waals surface area (Å²) in [7, 11) is 0. The van der Waals surface area contributed by atoms with E-state index in [1.165, 1.54) is 5.57 Å². The van der Waals surface area contributed by atoms with E-state index in [2.05, 4.69) is 26.0 Å². The number of carbonyl (C=O) groups excluding carboxylic acids is 1. The molecule has 2 fully saturated rings. The molecule has 0 aliphatic heterocycles. The zero-order chi connectivity index (χ0) is 14.3. The minimum absolute atomic E-state index is 0.0131. The second kappa shape index (κ2) is 3.65. The number of fused-ring (bicyclic) bond motifs is 1. The van der Waals surface area contributed by atoms with Gasteiger partial charge in [0.05, 0.1) is 5.92 Å². The van der Waals surface area contributed by atoms with Gasteiger partial charge in [-0.15, -0.1) is 0 Å². The van der Waals surface area contributed by atoms with Crippen LogP contribution in [0.2, 0.25) is 0 Å². The van der Waals surface area contributed by atoms with Crippen LogP contribution in [-0.4, -0.2) is 17.5 Å². The van der Waals surface area contributed by atoms with Gasteiger partial charge < -0.3 is 5.11 Å². The minimum Gasteiger partial charge on any atom is -0.396 e. The lowest BCUT2D eigenvalue weighted by Gasteiger charge is -2.58. The number of hydrogen-bond donors (Lipinski definition) is 1. The van der Waals surface area contributed by atoms with Crippen molar-refractivity contribution in [2.45, 2.75) is 40.0 Å². The molecule has 4 aliphatic rings. The number of carbonyl (C=O) groups is 1. The van der Waals surface area contributed by atoms with Gasteiger partial charge in [0.15, 0.2) is 5.78 Å². The number of hydrogen-bond acceptors (Lipinski definition) is 2. The molecule has 2 heteroatoms. The van der Waals surface area contributed by atoms with Crippen molar-refractivity contribution >= 4 is 5.78 Å². The summed E-state index contributed by atoms with van der Waals surface area (Å²) in [5.74, 6) is 1.85. The van der Waals surface area contributed by atoms with Crippen LogP contribution in [-0.2, 0) is 4.79 Å². The summed E-state index contributed by atoms with van der Waals surface area (Å²) in [4.78, 5) is 12.7. The van der Waals surface area contributed by atoms with Crippen LogP contribution in [0, 0.1) is 34.5 Å². The Labute approximate surface area is 120 Å². The molecule has 0 saturated heterocycles. The van der Waals surface area contributed by atoms with Crippen LogP contribution in [0.1, 0.15) is 40.0 Å². The first-order chi connectivity index (χ1) is 9.46. The van der Waals surface area contributed by atoms with Crippen LogP contribution in [0.4, 0.5) is 0 Å². The zero-order valence-electron chi connectivity index (χ0n) is 12.6. The van der Waals surface area contributed by atoms with Crippen LogP contribution in [0.25, 0.3) is 0 Å². The van der Waals surface area contributed by atoms with E-state index in [0.717, 1.165) is 24.8 Å². The highest BCUT2D eigenvalue weighted by Crippen LogP contribution is 2.76. The third-order valence-corrected chi connectivity index (χ3v) is 7.33. The Morgan fingerprint density at radius 2 is 2.15 bits per heavy atom. The highest BCUT2D eigenvalue weighted by Gasteiger charge is 2.72. The minimum atomic E-state index is 0.0131. The third-order valence-electron chi connectivity index (χ3n) is 7.33. The highest BCUT2D eigenvalue weighted by atomic mass is 16.3. The van der Waals surface area contributed by atoms with Crippen LogP contribution >= 0.6 is 0 Å². The van der Waals surface area contributed by atoms with E-state index in [1.807, 2.05) is 6.92 Å². The van der Waals surface area contributed by atoms with E-state index in [4.69, 9.17) is 0 Å². The number of aliphatic hydroxyl groups is 1. The maximum absolute atomic E-state index is 12.7. The quantitative estimate of drug-likeness (QED) is 0.745. The first kappa shape index (κ1) is 12.8. The lowest BCUT2D eigenvalue weighted by molar-refractivity contribution is -0.131. The Balaban J connectivity index is 2.02. The van der Waals surface area contributed by atoms with E-state index < -0.39 is 0 Å². The summed E-state index contributed by atoms with van der Waals surface area (Å²) in [6, 6.07) is 0. The van der Waals surface area contributed by atoms with E-state index >= 15 is 0 Å². The van der Waals surface area contributed by atoms with Gasteiger partial charge in [-0.2, -0.15) is 0 Å². The van der Waals surface area contributed by atoms with Crippen molar-refractivity contribution in [1.82, 2.24) is 0 Å². The molecule has 4 aliphatic carbocycles. The van der Waals surface area contributed by atoms with Gasteiger partial charge >= 0.3 is 0 Å². The average molecular weight is 272 g/mol. The molecule has 4 rings (SSSR count). The van der Waals surface area contributed by atoms with Crippen molar-refractivity contribution in [3.05, 3.63) is 23.3 Å². The first-order valence-electron chi connectivity index (χ1n) is 7.98. The largest absolute Gasteiger partial charge is 0.396 e. The maximum Gasteiger partial charge on any atom is 0.166 e. The number of rotatable bonds is 1. The van der Waals surface area contributed by atoms with Gasteiger partial charge in [0.1, 0.15) is 0 Å². The number of aliphatic hydroxyl groups excluding tert-OH is 1. The first-order valence-corrected chi connectivity index (χ1v) is 7.98. The van der Waals surface area contributed by atoms with Crippen molar-refractivity contribution in [3.8, 4) is 0 Å². The summed E-state index contributed by atoms with van der Waals surface area (Å²) in [5, 5.41) is 9.86. The number of ketones is 1. The molecule has 2 bridgehead atoms. The topological polar surface area (TPSA) is 37.3 Å². The fraction of sp³-hybridized carbons (Fsp3) is 0.722. The molecular formula is C18H24O2. The monoisotopic (exact) mass is 272 g/mol. The van der Waals surface area contributed by atoms with Crippen molar-refractivity contribution in [3.63, 3.8) is 0 Å². The normalized spacial score (nSPS) is 47.9. The Kier molecular flexibility index (Phi) is 2.34. The molecule has 0 radical (unpaired) electrons. The van der Waals surface area contributed by atoms with Crippen molar-refractivity contribution in [1.29, 1.82) is 0 Å². The summed E-state index contributed by atoms with van der Waals surface area (Å²) in [5.41, 5.74) is 2.69. The Morgan fingerprint density at radius 1 is 1.40 bits per heavy atom. The number of Topliss-reactive ketones (excluding diaryl/α,β-unsaturated/α-hetero) is 1. The molecule has 0 aromatic heterocycles. The molecule has 0 amide bonds. The standard InChI is InChI=1S/C18H24O2/c1-10-15-8-12-7-11(9-19)13-5-4-6-14(16(10)20)18(13,15)17(12,2)3/h4,6,11-14,19H,5,7-9H2,1-3H3/t11-,12-,13-,14+,18-/m1/s1. The summed E-state index contributed by atoms with van der Waals surface area (Å²) in [6.07, 6.45) is 7.62. The van der Waals surface area contributed by atoms with Gasteiger partial charge in [0.2, 0.25) is 0 Å². The molecular weight excluding hydrogens is 248 g/mol. The zero-order valence-corrected chi connectivity index (χ0v) is 12.6. The predicted octanol–water partition coefficient (Wildman–Crippen LogP) is 3.12. The van der Waals surface area contributed by atoms with Crippen molar-refractivity contribution in [2.75, 3.05) is 6.61 Å². The van der Waals surface area contributed by atoms with Gasteiger partial charge in [-0.1, -0.05) is 31.6 Å². The molecule has 0 unspecified atom stereocenters. The second-order valence-electron chi connectivity index (χ2n) is 7.89. The molecule has 1 spiro atoms. The van der Waals surface area contributed by atoms with Gasteiger partial charge in [0, 0.05) is 12.0 Å². The SMILES string of the molecule is CC1=C2C[C@H]3C[C@H](CO)[C@H]4CC=C[C@@H](C1=O)[C@@]24C3(C)C. The molecule has 108 valence electrons. The smallest absolute Gasteiger partial charge is 0.166 e. The maximum atomic E-state index is 12.7. The van der Waals surface area contributed by atoms with Gasteiger partial charge in [-0.3, -0.25) is 4.79 Å². The van der Waals surface area contributed by atoms with E-state index in [0.29, 0.717) is 23.5 Å². The molecule has 5 atom stereocenters. The Bertz CT molecular complexity index is 554. The molecule has 1 N–H and O–H groups in total. The lowest BCUT2D eigenvalue weighted by Crippen LogP contribution is -2.55. The fourth-order valence-corrected chi connectivity index (χ4v) is 6.43. The molecule has 2 nitrogen and oxygen atoms in total. The highest BCUT2D eigenvalue weighted by molar-refractivity contribution is 6.03. The van der Waals surface area contributed by atoms with Crippen LogP contribution in [0.5, 0.6) is 0 Å². The summed E-state index contributed by atoms with van der Waals surface area (Å²) < 4.78 is 0. The van der Waals surface area contributed by atoms with Crippen LogP contribution in [0.15, 0.2) is 23.3 Å². The van der Waals surface area contributed by atoms with Gasteiger partial charge in [-0.25, -0.2) is 0 Å². The van der Waals surface area contributed by atoms with Crippen molar-refractivity contribution in [2.24, 2.45) is 34.5 Å². The molecule has 2 saturated carbocycles. The van der Waals surface area contributed by atoms with E-state index in [1.54, 1.807) is 0 Å². The summed E-state index contributed by atoms with van der Waals surface area (Å²) in [6.45, 7) is 7.08. The van der Waals surface area contributed by atoms with Gasteiger partial charge in [0.25, 0.3) is 0 Å². The number of allylic oxidation sites excluding steroid dienone is 4. The molecule has 0 aromatic rings. The average Bonchev–Trinajstić information content (AvgIpc) is 2.70. The summed E-state index contributed by atoms with van der Waals surface area (Å²) >= 11 is 0. The van der Waals surface area contributed by atoms with Crippen LogP contribution < -0.4 is 0 Å². The molecule has 0 heterocycles. The second-order valence-corrected chi connectivity index (χ2v) is 7.89. The van der Waals surface area contributed by atoms with Gasteiger partial charge in [-0.05, 0) is 54.9 Å². The lowest BCUT2D eigenvalue weighted by atomic mass is 9.45.